The second-order valence-electron chi connectivity index (χ2n) is 4.22. The van der Waals surface area contributed by atoms with Crippen LogP contribution in [0.15, 0.2) is 23.6 Å². The van der Waals surface area contributed by atoms with Crippen LogP contribution in [0.25, 0.3) is 0 Å². The van der Waals surface area contributed by atoms with Crippen molar-refractivity contribution >= 4 is 22.7 Å². The number of hydrogen-bond acceptors (Lipinski definition) is 5. The van der Waals surface area contributed by atoms with Crippen molar-refractivity contribution in [2.75, 3.05) is 24.2 Å². The zero-order valence-electron chi connectivity index (χ0n) is 11.3. The molecule has 102 valence electrons. The lowest BCUT2D eigenvalue weighted by atomic mass is 10.2. The number of hydrogen-bond donors (Lipinski definition) is 2. The lowest BCUT2D eigenvalue weighted by Crippen LogP contribution is -2.06. The molecule has 0 spiro atoms. The second-order valence-corrected chi connectivity index (χ2v) is 5.28. The molecule has 0 aliphatic heterocycles. The van der Waals surface area contributed by atoms with Gasteiger partial charge >= 0.3 is 0 Å². The largest absolute Gasteiger partial charge is 0.492 e. The quantitative estimate of drug-likeness (QED) is 0.797. The van der Waals surface area contributed by atoms with Gasteiger partial charge in [-0.15, -0.1) is 11.3 Å². The number of ether oxygens (including phenoxy) is 1. The fraction of sp³-hybridized carbons (Fsp3) is 0.357. The van der Waals surface area contributed by atoms with Crippen LogP contribution in [0.4, 0.5) is 11.4 Å². The standard InChI is InChI=1S/C14H19N3OS/c1-3-18-14-8-11(4-5-13(14)15)16-7-6-12-9-19-10(2)17-12/h4-5,8-9,16H,3,6-7,15H2,1-2H3. The van der Waals surface area contributed by atoms with E-state index in [0.29, 0.717) is 12.3 Å². The summed E-state index contributed by atoms with van der Waals surface area (Å²) in [7, 11) is 0. The first-order valence-corrected chi connectivity index (χ1v) is 7.24. The van der Waals surface area contributed by atoms with E-state index in [-0.39, 0.29) is 0 Å². The minimum absolute atomic E-state index is 0.617. The number of nitrogens with one attached hydrogen (secondary N) is 1. The third kappa shape index (κ3) is 3.86. The number of aromatic nitrogens is 1. The first kappa shape index (κ1) is 13.7. The average molecular weight is 277 g/mol. The zero-order chi connectivity index (χ0) is 13.7. The molecule has 0 fully saturated rings. The number of nitrogens with two attached hydrogens (primary N) is 1. The number of benzene rings is 1. The minimum atomic E-state index is 0.617. The van der Waals surface area contributed by atoms with Crippen LogP contribution in [-0.4, -0.2) is 18.1 Å². The van der Waals surface area contributed by atoms with Gasteiger partial charge < -0.3 is 15.8 Å². The van der Waals surface area contributed by atoms with Gasteiger partial charge in [0.25, 0.3) is 0 Å². The van der Waals surface area contributed by atoms with E-state index in [2.05, 4.69) is 15.7 Å². The van der Waals surface area contributed by atoms with E-state index in [9.17, 15) is 0 Å². The zero-order valence-corrected chi connectivity index (χ0v) is 12.1. The molecule has 0 bridgehead atoms. The molecule has 2 rings (SSSR count). The van der Waals surface area contributed by atoms with Crippen LogP contribution in [0.5, 0.6) is 5.75 Å². The van der Waals surface area contributed by atoms with Gasteiger partial charge in [-0.1, -0.05) is 0 Å². The van der Waals surface area contributed by atoms with Gasteiger partial charge in [-0.05, 0) is 26.0 Å². The third-order valence-corrected chi connectivity index (χ3v) is 3.51. The highest BCUT2D eigenvalue weighted by Crippen LogP contribution is 2.25. The Balaban J connectivity index is 1.90. The molecule has 19 heavy (non-hydrogen) atoms. The van der Waals surface area contributed by atoms with Crippen molar-refractivity contribution < 1.29 is 4.74 Å². The van der Waals surface area contributed by atoms with Crippen LogP contribution >= 0.6 is 11.3 Å². The average Bonchev–Trinajstić information content (AvgIpc) is 2.79. The van der Waals surface area contributed by atoms with Crippen LogP contribution in [0.3, 0.4) is 0 Å². The minimum Gasteiger partial charge on any atom is -0.492 e. The SMILES string of the molecule is CCOc1cc(NCCc2csc(C)n2)ccc1N. The smallest absolute Gasteiger partial charge is 0.144 e. The molecule has 4 nitrogen and oxygen atoms in total. The van der Waals surface area contributed by atoms with E-state index < -0.39 is 0 Å². The van der Waals surface area contributed by atoms with Crippen LogP contribution in [-0.2, 0) is 6.42 Å². The Morgan fingerprint density at radius 2 is 2.26 bits per heavy atom. The molecule has 0 amide bonds. The molecule has 5 heteroatoms. The van der Waals surface area contributed by atoms with Crippen LogP contribution < -0.4 is 15.8 Å². The van der Waals surface area contributed by atoms with Gasteiger partial charge in [0.1, 0.15) is 5.75 Å². The van der Waals surface area contributed by atoms with Crippen molar-refractivity contribution in [2.24, 2.45) is 0 Å². The number of nitrogen functional groups attached to an aromatic ring is 1. The van der Waals surface area contributed by atoms with Gasteiger partial charge in [-0.2, -0.15) is 0 Å². The lowest BCUT2D eigenvalue weighted by molar-refractivity contribution is 0.342. The summed E-state index contributed by atoms with van der Waals surface area (Å²) in [5.41, 5.74) is 8.66. The van der Waals surface area contributed by atoms with Gasteiger partial charge in [0.2, 0.25) is 0 Å². The monoisotopic (exact) mass is 277 g/mol. The topological polar surface area (TPSA) is 60.2 Å². The van der Waals surface area contributed by atoms with Crippen LogP contribution in [0, 0.1) is 6.92 Å². The van der Waals surface area contributed by atoms with E-state index in [1.54, 1.807) is 11.3 Å². The summed E-state index contributed by atoms with van der Waals surface area (Å²) in [5.74, 6) is 0.733. The molecule has 0 radical (unpaired) electrons. The fourth-order valence-corrected chi connectivity index (χ4v) is 2.43. The van der Waals surface area contributed by atoms with Gasteiger partial charge in [-0.3, -0.25) is 0 Å². The van der Waals surface area contributed by atoms with Crippen molar-refractivity contribution in [3.05, 3.63) is 34.3 Å². The van der Waals surface area contributed by atoms with Crippen LogP contribution in [0.2, 0.25) is 0 Å². The van der Waals surface area contributed by atoms with E-state index in [1.807, 2.05) is 32.0 Å². The van der Waals surface area contributed by atoms with Crippen molar-refractivity contribution in [2.45, 2.75) is 20.3 Å². The van der Waals surface area contributed by atoms with E-state index in [4.69, 9.17) is 10.5 Å². The van der Waals surface area contributed by atoms with Crippen molar-refractivity contribution in [1.29, 1.82) is 0 Å². The second kappa shape index (κ2) is 6.43. The Kier molecular flexibility index (Phi) is 4.63. The molecule has 0 unspecified atom stereocenters. The van der Waals surface area contributed by atoms with Gasteiger partial charge in [-0.25, -0.2) is 4.98 Å². The maximum atomic E-state index is 5.84. The molecule has 3 N–H and O–H groups in total. The molecular weight excluding hydrogens is 258 g/mol. The first-order valence-electron chi connectivity index (χ1n) is 6.36. The summed E-state index contributed by atoms with van der Waals surface area (Å²) in [6.45, 7) is 5.43. The summed E-state index contributed by atoms with van der Waals surface area (Å²) < 4.78 is 5.47. The number of nitrogens with zero attached hydrogens (tertiary/aromatic N) is 1. The van der Waals surface area contributed by atoms with E-state index in [0.717, 1.165) is 35.1 Å². The first-order chi connectivity index (χ1) is 9.19. The van der Waals surface area contributed by atoms with Gasteiger partial charge in [0, 0.05) is 30.1 Å². The molecule has 0 saturated carbocycles. The van der Waals surface area contributed by atoms with Crippen molar-refractivity contribution in [3.8, 4) is 5.75 Å². The molecule has 0 aliphatic carbocycles. The Labute approximate surface area is 117 Å². The van der Waals surface area contributed by atoms with E-state index in [1.165, 1.54) is 0 Å². The Morgan fingerprint density at radius 3 is 2.95 bits per heavy atom. The molecule has 0 atom stereocenters. The molecule has 1 heterocycles. The highest BCUT2D eigenvalue weighted by Gasteiger charge is 2.02. The highest BCUT2D eigenvalue weighted by atomic mass is 32.1. The molecule has 1 aromatic heterocycles. The Hall–Kier alpha value is -1.75. The van der Waals surface area contributed by atoms with E-state index >= 15 is 0 Å². The Bertz CT molecular complexity index is 539. The predicted molar refractivity (Wildman–Crippen MR) is 81.1 cm³/mol. The van der Waals surface area contributed by atoms with Crippen molar-refractivity contribution in [1.82, 2.24) is 4.98 Å². The predicted octanol–water partition coefficient (Wildman–Crippen LogP) is 3.09. The van der Waals surface area contributed by atoms with Crippen molar-refractivity contribution in [3.63, 3.8) is 0 Å². The fourth-order valence-electron chi connectivity index (χ4n) is 1.78. The maximum Gasteiger partial charge on any atom is 0.144 e. The maximum absolute atomic E-state index is 5.84. The molecule has 0 aliphatic rings. The summed E-state index contributed by atoms with van der Waals surface area (Å²) in [6, 6.07) is 5.76. The van der Waals surface area contributed by atoms with Gasteiger partial charge in [0.05, 0.1) is 23.0 Å². The summed E-state index contributed by atoms with van der Waals surface area (Å²) in [5, 5.41) is 6.57. The summed E-state index contributed by atoms with van der Waals surface area (Å²) >= 11 is 1.69. The summed E-state index contributed by atoms with van der Waals surface area (Å²) in [4.78, 5) is 4.44. The van der Waals surface area contributed by atoms with Crippen LogP contribution in [0.1, 0.15) is 17.6 Å². The molecule has 2 aromatic rings. The number of thiazole rings is 1. The third-order valence-electron chi connectivity index (χ3n) is 2.69. The lowest BCUT2D eigenvalue weighted by Gasteiger charge is -2.10. The van der Waals surface area contributed by atoms with Gasteiger partial charge in [0.15, 0.2) is 0 Å². The Morgan fingerprint density at radius 1 is 1.42 bits per heavy atom. The number of aryl methyl sites for hydroxylation is 1. The normalized spacial score (nSPS) is 10.4. The summed E-state index contributed by atoms with van der Waals surface area (Å²) in [6.07, 6.45) is 0.915. The highest BCUT2D eigenvalue weighted by molar-refractivity contribution is 7.09. The number of anilines is 2. The molecular formula is C14H19N3OS. The molecule has 0 saturated heterocycles. The molecule has 1 aromatic carbocycles. The number of rotatable bonds is 6.